The van der Waals surface area contributed by atoms with Crippen molar-refractivity contribution in [1.29, 1.82) is 0 Å². The maximum Gasteiger partial charge on any atom is 0.249 e. The van der Waals surface area contributed by atoms with Gasteiger partial charge in [-0.1, -0.05) is 224 Å². The molecule has 0 rings (SSSR count). The van der Waals surface area contributed by atoms with Gasteiger partial charge in [-0.15, -0.1) is 0 Å². The molecule has 4 atom stereocenters. The van der Waals surface area contributed by atoms with Crippen LogP contribution in [0.15, 0.2) is 24.3 Å². The van der Waals surface area contributed by atoms with Crippen LogP contribution in [0.4, 0.5) is 0 Å². The first-order valence-electron chi connectivity index (χ1n) is 24.2. The van der Waals surface area contributed by atoms with Crippen LogP contribution in [0.2, 0.25) is 0 Å². The number of unbranched alkanes of at least 4 members (excludes halogenated alkanes) is 31. The highest BCUT2D eigenvalue weighted by atomic mass is 16.3. The summed E-state index contributed by atoms with van der Waals surface area (Å²) in [5.41, 5.74) is 0. The zero-order valence-corrected chi connectivity index (χ0v) is 36.7. The average molecular weight is 778 g/mol. The number of allylic oxidation sites excluding steroid dienone is 4. The van der Waals surface area contributed by atoms with Gasteiger partial charge in [-0.3, -0.25) is 4.79 Å². The molecule has 0 aliphatic carbocycles. The summed E-state index contributed by atoms with van der Waals surface area (Å²) in [6, 6.07) is -1.00. The molecule has 6 heteroatoms. The van der Waals surface area contributed by atoms with Crippen molar-refractivity contribution < 1.29 is 25.2 Å². The Hall–Kier alpha value is -1.21. The van der Waals surface area contributed by atoms with Gasteiger partial charge in [0.2, 0.25) is 5.91 Å². The first-order valence-corrected chi connectivity index (χ1v) is 24.2. The highest BCUT2D eigenvalue weighted by molar-refractivity contribution is 5.80. The van der Waals surface area contributed by atoms with E-state index in [0.29, 0.717) is 19.3 Å². The topological polar surface area (TPSA) is 110 Å². The van der Waals surface area contributed by atoms with Crippen LogP contribution in [0.3, 0.4) is 0 Å². The predicted molar refractivity (Wildman–Crippen MR) is 237 cm³/mol. The molecule has 0 radical (unpaired) electrons. The Labute approximate surface area is 342 Å². The molecule has 6 nitrogen and oxygen atoms in total. The lowest BCUT2D eigenvalue weighted by Crippen LogP contribution is -2.53. The van der Waals surface area contributed by atoms with Crippen molar-refractivity contribution in [1.82, 2.24) is 5.32 Å². The van der Waals surface area contributed by atoms with Gasteiger partial charge in [0, 0.05) is 0 Å². The average Bonchev–Trinajstić information content (AvgIpc) is 3.19. The molecule has 0 fully saturated rings. The standard InChI is InChI=1S/C49H95NO5/c1-3-5-7-9-11-13-15-17-19-21-23-25-26-28-30-32-34-36-38-40-42-46(52)48(54)45(44-51)50-49(55)47(53)43-41-39-37-35-33-31-29-27-24-22-20-18-16-14-12-10-8-6-4-2/h26,28,34,36,45-48,51-54H,3-25,27,29-33,35,37-44H2,1-2H3,(H,50,55)/b28-26+,36-34+. The second-order valence-corrected chi connectivity index (χ2v) is 16.8. The van der Waals surface area contributed by atoms with E-state index in [9.17, 15) is 25.2 Å². The van der Waals surface area contributed by atoms with E-state index in [1.165, 1.54) is 180 Å². The molecule has 0 saturated carbocycles. The van der Waals surface area contributed by atoms with Crippen molar-refractivity contribution in [3.8, 4) is 0 Å². The molecule has 0 spiro atoms. The summed E-state index contributed by atoms with van der Waals surface area (Å²) in [5, 5.41) is 43.8. The summed E-state index contributed by atoms with van der Waals surface area (Å²) in [6.07, 6.45) is 50.8. The van der Waals surface area contributed by atoms with Crippen LogP contribution in [0.1, 0.15) is 251 Å². The first kappa shape index (κ1) is 53.8. The Morgan fingerprint density at radius 1 is 0.436 bits per heavy atom. The number of aliphatic hydroxyl groups is 4. The molecule has 0 aromatic carbocycles. The zero-order chi connectivity index (χ0) is 40.3. The summed E-state index contributed by atoms with van der Waals surface area (Å²) in [6.45, 7) is 4.06. The van der Waals surface area contributed by atoms with E-state index >= 15 is 0 Å². The predicted octanol–water partition coefficient (Wildman–Crippen LogP) is 13.1. The van der Waals surface area contributed by atoms with Gasteiger partial charge in [0.1, 0.15) is 12.2 Å². The highest BCUT2D eigenvalue weighted by Crippen LogP contribution is 2.16. The zero-order valence-electron chi connectivity index (χ0n) is 36.7. The van der Waals surface area contributed by atoms with Gasteiger partial charge >= 0.3 is 0 Å². The fourth-order valence-corrected chi connectivity index (χ4v) is 7.54. The summed E-state index contributed by atoms with van der Waals surface area (Å²) in [5.74, 6) is -0.594. The molecule has 0 aliphatic rings. The van der Waals surface area contributed by atoms with Crippen molar-refractivity contribution in [3.05, 3.63) is 24.3 Å². The third-order valence-electron chi connectivity index (χ3n) is 11.4. The number of aliphatic hydroxyl groups excluding tert-OH is 4. The van der Waals surface area contributed by atoms with Crippen LogP contribution in [-0.4, -0.2) is 57.3 Å². The molecule has 5 N–H and O–H groups in total. The van der Waals surface area contributed by atoms with E-state index in [1.807, 2.05) is 0 Å². The monoisotopic (exact) mass is 778 g/mol. The van der Waals surface area contributed by atoms with Gasteiger partial charge < -0.3 is 25.7 Å². The maximum absolute atomic E-state index is 12.5. The van der Waals surface area contributed by atoms with Crippen molar-refractivity contribution in [2.75, 3.05) is 6.61 Å². The number of carbonyl (C=O) groups is 1. The SMILES string of the molecule is CCCCCCCCCCCCC/C=C/CC/C=C/CCCC(O)C(O)C(CO)NC(=O)C(O)CCCCCCCCCCCCCCCCCCCCC. The fraction of sp³-hybridized carbons (Fsp3) is 0.898. The third kappa shape index (κ3) is 38.1. The van der Waals surface area contributed by atoms with Gasteiger partial charge in [0.15, 0.2) is 0 Å². The first-order chi connectivity index (χ1) is 27.0. The molecule has 0 aromatic heterocycles. The lowest BCUT2D eigenvalue weighted by molar-refractivity contribution is -0.132. The lowest BCUT2D eigenvalue weighted by Gasteiger charge is -2.27. The Kier molecular flexibility index (Phi) is 42.9. The van der Waals surface area contributed by atoms with Gasteiger partial charge in [0.25, 0.3) is 0 Å². The molecule has 0 saturated heterocycles. The molecule has 0 aliphatic heterocycles. The maximum atomic E-state index is 12.5. The van der Waals surface area contributed by atoms with E-state index in [0.717, 1.165) is 38.5 Å². The lowest BCUT2D eigenvalue weighted by atomic mass is 10.00. The minimum absolute atomic E-state index is 0.364. The highest BCUT2D eigenvalue weighted by Gasteiger charge is 2.28. The second-order valence-electron chi connectivity index (χ2n) is 16.8. The van der Waals surface area contributed by atoms with Crippen LogP contribution >= 0.6 is 0 Å². The summed E-state index contributed by atoms with van der Waals surface area (Å²) < 4.78 is 0. The van der Waals surface area contributed by atoms with Crippen LogP contribution < -0.4 is 5.32 Å². The Morgan fingerprint density at radius 2 is 0.764 bits per heavy atom. The molecule has 4 unspecified atom stereocenters. The van der Waals surface area contributed by atoms with Crippen molar-refractivity contribution >= 4 is 5.91 Å². The van der Waals surface area contributed by atoms with Crippen molar-refractivity contribution in [3.63, 3.8) is 0 Å². The van der Waals surface area contributed by atoms with E-state index in [4.69, 9.17) is 0 Å². The Balaban J connectivity index is 3.74. The van der Waals surface area contributed by atoms with Crippen molar-refractivity contribution in [2.24, 2.45) is 0 Å². The van der Waals surface area contributed by atoms with Gasteiger partial charge in [0.05, 0.1) is 18.8 Å². The quantitative estimate of drug-likeness (QED) is 0.0313. The molecule has 1 amide bonds. The number of hydrogen-bond donors (Lipinski definition) is 5. The largest absolute Gasteiger partial charge is 0.394 e. The van der Waals surface area contributed by atoms with Crippen LogP contribution in [0.25, 0.3) is 0 Å². The molecule has 0 aromatic rings. The number of carbonyl (C=O) groups excluding carboxylic acids is 1. The van der Waals surface area contributed by atoms with E-state index in [2.05, 4.69) is 43.5 Å². The summed E-state index contributed by atoms with van der Waals surface area (Å²) in [4.78, 5) is 12.5. The minimum Gasteiger partial charge on any atom is -0.394 e. The number of amides is 1. The smallest absolute Gasteiger partial charge is 0.249 e. The summed E-state index contributed by atoms with van der Waals surface area (Å²) in [7, 11) is 0. The molecule has 55 heavy (non-hydrogen) atoms. The van der Waals surface area contributed by atoms with Gasteiger partial charge in [-0.25, -0.2) is 0 Å². The van der Waals surface area contributed by atoms with Crippen LogP contribution in [0, 0.1) is 0 Å². The number of nitrogens with one attached hydrogen (secondary N) is 1. The fourth-order valence-electron chi connectivity index (χ4n) is 7.54. The third-order valence-corrected chi connectivity index (χ3v) is 11.4. The Bertz CT molecular complexity index is 832. The van der Waals surface area contributed by atoms with Gasteiger partial charge in [-0.05, 0) is 51.4 Å². The molecule has 326 valence electrons. The van der Waals surface area contributed by atoms with Crippen LogP contribution in [-0.2, 0) is 4.79 Å². The minimum atomic E-state index is -1.29. The van der Waals surface area contributed by atoms with Crippen molar-refractivity contribution in [2.45, 2.75) is 276 Å². The number of hydrogen-bond acceptors (Lipinski definition) is 5. The van der Waals surface area contributed by atoms with E-state index in [1.54, 1.807) is 0 Å². The Morgan fingerprint density at radius 3 is 1.15 bits per heavy atom. The molecule has 0 heterocycles. The van der Waals surface area contributed by atoms with Crippen LogP contribution in [0.5, 0.6) is 0 Å². The molecule has 0 bridgehead atoms. The van der Waals surface area contributed by atoms with E-state index in [-0.39, 0.29) is 0 Å². The molecular weight excluding hydrogens is 683 g/mol. The van der Waals surface area contributed by atoms with Gasteiger partial charge in [-0.2, -0.15) is 0 Å². The summed E-state index contributed by atoms with van der Waals surface area (Å²) >= 11 is 0. The van der Waals surface area contributed by atoms with E-state index < -0.39 is 36.9 Å². The normalized spacial score (nSPS) is 14.2. The number of rotatable bonds is 44. The molecular formula is C49H95NO5. The second kappa shape index (κ2) is 43.9.